The Morgan fingerprint density at radius 2 is 1.78 bits per heavy atom. The number of morpholine rings is 1. The third-order valence-corrected chi connectivity index (χ3v) is 6.38. The quantitative estimate of drug-likeness (QED) is 0.846. The molecule has 0 aromatic heterocycles. The number of hydrogen-bond donors (Lipinski definition) is 0. The van der Waals surface area contributed by atoms with Gasteiger partial charge in [-0.25, -0.2) is 8.42 Å². The van der Waals surface area contributed by atoms with Crippen LogP contribution < -0.4 is 0 Å². The molecule has 1 heterocycles. The molecule has 0 aliphatic carbocycles. The van der Waals surface area contributed by atoms with Gasteiger partial charge < -0.3 is 9.64 Å². The molecular weight excluding hydrogens is 314 g/mol. The average Bonchev–Trinajstić information content (AvgIpc) is 2.47. The van der Waals surface area contributed by atoms with E-state index in [0.29, 0.717) is 18.7 Å². The monoisotopic (exact) mass is 339 g/mol. The van der Waals surface area contributed by atoms with Gasteiger partial charge in [-0.3, -0.25) is 4.79 Å². The van der Waals surface area contributed by atoms with Gasteiger partial charge in [-0.2, -0.15) is 0 Å². The summed E-state index contributed by atoms with van der Waals surface area (Å²) in [5.41, 5.74) is 1.53. The molecule has 0 radical (unpaired) electrons. The molecule has 0 N–H and O–H groups in total. The van der Waals surface area contributed by atoms with Crippen molar-refractivity contribution in [3.05, 3.63) is 29.3 Å². The van der Waals surface area contributed by atoms with Crippen LogP contribution in [0.15, 0.2) is 23.1 Å². The van der Waals surface area contributed by atoms with Crippen molar-refractivity contribution in [3.63, 3.8) is 0 Å². The number of hydrogen-bond acceptors (Lipinski definition) is 4. The fourth-order valence-corrected chi connectivity index (χ4v) is 4.61. The first kappa shape index (κ1) is 17.9. The molecule has 3 atom stereocenters. The second kappa shape index (κ2) is 6.61. The summed E-state index contributed by atoms with van der Waals surface area (Å²) in [7, 11) is -3.71. The Labute approximate surface area is 138 Å². The van der Waals surface area contributed by atoms with E-state index >= 15 is 0 Å². The van der Waals surface area contributed by atoms with Gasteiger partial charge in [-0.15, -0.1) is 0 Å². The molecule has 1 aliphatic rings. The molecular formula is C17H25NO4S. The number of nitrogens with zero attached hydrogens (tertiary/aromatic N) is 1. The summed E-state index contributed by atoms with van der Waals surface area (Å²) < 4.78 is 31.4. The van der Waals surface area contributed by atoms with Crippen molar-refractivity contribution in [3.8, 4) is 0 Å². The molecule has 6 heteroatoms. The van der Waals surface area contributed by atoms with Crippen LogP contribution in [0.1, 0.15) is 31.9 Å². The summed E-state index contributed by atoms with van der Waals surface area (Å²) in [5, 5.41) is -1.10. The first-order valence-electron chi connectivity index (χ1n) is 7.88. The topological polar surface area (TPSA) is 63.7 Å². The molecule has 1 aromatic rings. The van der Waals surface area contributed by atoms with Gasteiger partial charge in [0.2, 0.25) is 5.91 Å². The van der Waals surface area contributed by atoms with Crippen molar-refractivity contribution in [2.45, 2.75) is 57.0 Å². The second-order valence-corrected chi connectivity index (χ2v) is 8.69. The first-order valence-corrected chi connectivity index (χ1v) is 9.43. The Balaban J connectivity index is 2.29. The zero-order valence-electron chi connectivity index (χ0n) is 14.4. The molecule has 1 aromatic carbocycles. The smallest absolute Gasteiger partial charge is 0.241 e. The van der Waals surface area contributed by atoms with E-state index in [1.165, 1.54) is 6.92 Å². The Bertz CT molecular complexity index is 689. The number of carbonyl (C=O) groups is 1. The van der Waals surface area contributed by atoms with Crippen LogP contribution in [0, 0.1) is 13.8 Å². The SMILES string of the molecule is Cc1ccc(C)c(S(=O)(=O)[C@H](C)C(=O)N2C[C@@H](C)O[C@@H](C)C2)c1. The number of sulfone groups is 1. The lowest BCUT2D eigenvalue weighted by molar-refractivity contribution is -0.142. The zero-order valence-corrected chi connectivity index (χ0v) is 15.2. The van der Waals surface area contributed by atoms with Gasteiger partial charge in [0.1, 0.15) is 5.25 Å². The van der Waals surface area contributed by atoms with Crippen molar-refractivity contribution in [2.24, 2.45) is 0 Å². The molecule has 128 valence electrons. The number of carbonyl (C=O) groups excluding carboxylic acids is 1. The highest BCUT2D eigenvalue weighted by Crippen LogP contribution is 2.23. The van der Waals surface area contributed by atoms with Crippen LogP contribution in [0.2, 0.25) is 0 Å². The van der Waals surface area contributed by atoms with Crippen molar-refractivity contribution in [1.29, 1.82) is 0 Å². The predicted molar refractivity (Wildman–Crippen MR) is 89.2 cm³/mol. The van der Waals surface area contributed by atoms with Crippen LogP contribution in [0.4, 0.5) is 0 Å². The third-order valence-electron chi connectivity index (χ3n) is 4.19. The van der Waals surface area contributed by atoms with Gasteiger partial charge in [-0.05, 0) is 51.8 Å². The zero-order chi connectivity index (χ0) is 17.4. The molecule has 1 aliphatic heterocycles. The second-order valence-electron chi connectivity index (χ2n) is 6.46. The standard InChI is InChI=1S/C17H25NO4S/c1-11-6-7-12(2)16(8-11)23(20,21)15(5)17(19)18-9-13(3)22-14(4)10-18/h6-8,13-15H,9-10H2,1-5H3/t13-,14+,15-/m1/s1. The maximum absolute atomic E-state index is 12.9. The van der Waals surface area contributed by atoms with Crippen molar-refractivity contribution in [2.75, 3.05) is 13.1 Å². The Kier molecular flexibility index (Phi) is 5.16. The highest BCUT2D eigenvalue weighted by atomic mass is 32.2. The molecule has 1 fully saturated rings. The fourth-order valence-electron chi connectivity index (χ4n) is 2.95. The normalized spacial score (nSPS) is 23.6. The lowest BCUT2D eigenvalue weighted by atomic mass is 10.2. The minimum absolute atomic E-state index is 0.0849. The van der Waals surface area contributed by atoms with Gasteiger partial charge in [0, 0.05) is 13.1 Å². The van der Waals surface area contributed by atoms with Crippen LogP contribution in [0.3, 0.4) is 0 Å². The molecule has 2 rings (SSSR count). The summed E-state index contributed by atoms with van der Waals surface area (Å²) in [6, 6.07) is 5.28. The summed E-state index contributed by atoms with van der Waals surface area (Å²) in [4.78, 5) is 14.5. The summed E-state index contributed by atoms with van der Waals surface area (Å²) >= 11 is 0. The maximum atomic E-state index is 12.9. The highest BCUT2D eigenvalue weighted by molar-refractivity contribution is 7.92. The molecule has 0 spiro atoms. The lowest BCUT2D eigenvalue weighted by Gasteiger charge is -2.36. The minimum atomic E-state index is -3.71. The van der Waals surface area contributed by atoms with Crippen LogP contribution in [-0.4, -0.2) is 49.8 Å². The molecule has 0 saturated carbocycles. The average molecular weight is 339 g/mol. The highest BCUT2D eigenvalue weighted by Gasteiger charge is 2.36. The van der Waals surface area contributed by atoms with Gasteiger partial charge in [0.25, 0.3) is 0 Å². The number of rotatable bonds is 3. The Morgan fingerprint density at radius 3 is 2.35 bits per heavy atom. The van der Waals surface area contributed by atoms with E-state index in [2.05, 4.69) is 0 Å². The largest absolute Gasteiger partial charge is 0.372 e. The first-order chi connectivity index (χ1) is 10.6. The summed E-state index contributed by atoms with van der Waals surface area (Å²) in [6.45, 7) is 9.70. The molecule has 1 saturated heterocycles. The third kappa shape index (κ3) is 3.75. The van der Waals surface area contributed by atoms with Gasteiger partial charge in [-0.1, -0.05) is 12.1 Å². The number of ether oxygens (including phenoxy) is 1. The number of aryl methyl sites for hydroxylation is 2. The van der Waals surface area contributed by atoms with Crippen LogP contribution in [-0.2, 0) is 19.4 Å². The van der Waals surface area contributed by atoms with Gasteiger partial charge >= 0.3 is 0 Å². The molecule has 23 heavy (non-hydrogen) atoms. The van der Waals surface area contributed by atoms with Crippen LogP contribution in [0.5, 0.6) is 0 Å². The van der Waals surface area contributed by atoms with Crippen LogP contribution in [0.25, 0.3) is 0 Å². The Morgan fingerprint density at radius 1 is 1.22 bits per heavy atom. The van der Waals surface area contributed by atoms with Crippen molar-refractivity contribution >= 4 is 15.7 Å². The lowest BCUT2D eigenvalue weighted by Crippen LogP contribution is -2.52. The predicted octanol–water partition coefficient (Wildman–Crippen LogP) is 2.10. The minimum Gasteiger partial charge on any atom is -0.372 e. The number of benzene rings is 1. The van der Waals surface area contributed by atoms with E-state index in [0.717, 1.165) is 5.56 Å². The van der Waals surface area contributed by atoms with Crippen molar-refractivity contribution < 1.29 is 17.9 Å². The molecule has 5 nitrogen and oxygen atoms in total. The van der Waals surface area contributed by atoms with E-state index in [1.54, 1.807) is 24.0 Å². The van der Waals surface area contributed by atoms with E-state index in [9.17, 15) is 13.2 Å². The fraction of sp³-hybridized carbons (Fsp3) is 0.588. The summed E-state index contributed by atoms with van der Waals surface area (Å²) in [6.07, 6.45) is -0.170. The molecule has 0 unspecified atom stereocenters. The summed E-state index contributed by atoms with van der Waals surface area (Å²) in [5.74, 6) is -0.354. The Hall–Kier alpha value is -1.40. The molecule has 0 bridgehead atoms. The van der Waals surface area contributed by atoms with E-state index in [4.69, 9.17) is 4.74 Å². The van der Waals surface area contributed by atoms with E-state index in [1.807, 2.05) is 26.8 Å². The van der Waals surface area contributed by atoms with E-state index < -0.39 is 15.1 Å². The van der Waals surface area contributed by atoms with Crippen LogP contribution >= 0.6 is 0 Å². The van der Waals surface area contributed by atoms with Gasteiger partial charge in [0.05, 0.1) is 17.1 Å². The van der Waals surface area contributed by atoms with Gasteiger partial charge in [0.15, 0.2) is 9.84 Å². The maximum Gasteiger partial charge on any atom is 0.241 e. The molecule has 1 amide bonds. The van der Waals surface area contributed by atoms with E-state index in [-0.39, 0.29) is 23.0 Å². The number of amides is 1. The van der Waals surface area contributed by atoms with Crippen molar-refractivity contribution in [1.82, 2.24) is 4.90 Å².